The summed E-state index contributed by atoms with van der Waals surface area (Å²) >= 11 is 0. The van der Waals surface area contributed by atoms with E-state index in [4.69, 9.17) is 11.5 Å². The summed E-state index contributed by atoms with van der Waals surface area (Å²) in [6.07, 6.45) is -0.422. The number of β-amino-alcohol motifs (C(OH)–C–C–N with tert-alkyl or cyclic N) is 1. The summed E-state index contributed by atoms with van der Waals surface area (Å²) in [5.74, 6) is -4.52. The predicted molar refractivity (Wildman–Crippen MR) is 150 cm³/mol. The Bertz CT molecular complexity index is 1210. The minimum absolute atomic E-state index is 0.0112. The van der Waals surface area contributed by atoms with Crippen LogP contribution >= 0.6 is 0 Å². The number of nitrogens with two attached hydrogens (primary N) is 2. The fourth-order valence-corrected chi connectivity index (χ4v) is 5.20. The third-order valence-electron chi connectivity index (χ3n) is 7.44. The van der Waals surface area contributed by atoms with E-state index in [9.17, 15) is 44.1 Å². The Kier molecular flexibility index (Phi) is 11.4. The maximum Gasteiger partial charge on any atom is 0.326 e. The average molecular weight is 606 g/mol. The van der Waals surface area contributed by atoms with Crippen LogP contribution in [0.2, 0.25) is 0 Å². The number of rotatable bonds is 12. The number of carboxylic acids is 1. The summed E-state index contributed by atoms with van der Waals surface area (Å²) in [4.78, 5) is 78.3. The van der Waals surface area contributed by atoms with Gasteiger partial charge in [0, 0.05) is 32.0 Å². The first-order chi connectivity index (χ1) is 20.3. The van der Waals surface area contributed by atoms with Crippen LogP contribution in [0.5, 0.6) is 5.75 Å². The number of aliphatic hydroxyl groups excluding tert-OH is 1. The molecule has 10 N–H and O–H groups in total. The molecule has 2 fully saturated rings. The number of amides is 5. The van der Waals surface area contributed by atoms with Crippen LogP contribution < -0.4 is 27.4 Å². The van der Waals surface area contributed by atoms with Gasteiger partial charge in [0.2, 0.25) is 29.5 Å². The molecule has 2 heterocycles. The summed E-state index contributed by atoms with van der Waals surface area (Å²) in [5.41, 5.74) is 11.6. The lowest BCUT2D eigenvalue weighted by Crippen LogP contribution is -2.58. The zero-order valence-electron chi connectivity index (χ0n) is 23.8. The van der Waals surface area contributed by atoms with Crippen molar-refractivity contribution in [2.24, 2.45) is 11.5 Å². The number of aliphatic carboxylic acids is 1. The Hall–Kier alpha value is -4.28. The zero-order valence-corrected chi connectivity index (χ0v) is 23.8. The molecule has 0 saturated carbocycles. The first kappa shape index (κ1) is 33.2. The van der Waals surface area contributed by atoms with Gasteiger partial charge in [0.15, 0.2) is 0 Å². The van der Waals surface area contributed by atoms with Crippen LogP contribution in [0.1, 0.15) is 31.7 Å². The van der Waals surface area contributed by atoms with Gasteiger partial charge in [0.05, 0.1) is 19.2 Å². The largest absolute Gasteiger partial charge is 0.508 e. The van der Waals surface area contributed by atoms with Crippen LogP contribution in [-0.4, -0.2) is 123 Å². The molecule has 0 spiro atoms. The van der Waals surface area contributed by atoms with Crippen molar-refractivity contribution in [3.8, 4) is 5.75 Å². The number of phenols is 1. The van der Waals surface area contributed by atoms with Crippen LogP contribution in [0.3, 0.4) is 0 Å². The van der Waals surface area contributed by atoms with Crippen LogP contribution in [0.15, 0.2) is 24.3 Å². The molecule has 43 heavy (non-hydrogen) atoms. The van der Waals surface area contributed by atoms with Crippen molar-refractivity contribution in [2.75, 3.05) is 26.2 Å². The first-order valence-corrected chi connectivity index (χ1v) is 13.9. The van der Waals surface area contributed by atoms with Crippen LogP contribution in [0.4, 0.5) is 0 Å². The second-order valence-corrected chi connectivity index (χ2v) is 10.7. The molecule has 6 atom stereocenters. The molecule has 0 bridgehead atoms. The molecule has 16 nitrogen and oxygen atoms in total. The van der Waals surface area contributed by atoms with E-state index in [0.717, 1.165) is 4.90 Å². The van der Waals surface area contributed by atoms with Crippen molar-refractivity contribution in [3.63, 3.8) is 0 Å². The number of hydrogen-bond acceptors (Lipinski definition) is 10. The molecular weight excluding hydrogens is 566 g/mol. The van der Waals surface area contributed by atoms with E-state index in [0.29, 0.717) is 12.0 Å². The topological polar surface area (TPSA) is 258 Å². The molecule has 1 aromatic carbocycles. The van der Waals surface area contributed by atoms with E-state index in [-0.39, 0.29) is 44.6 Å². The number of likely N-dealkylation sites (tertiary alicyclic amines) is 2. The van der Waals surface area contributed by atoms with Gasteiger partial charge in [-0.25, -0.2) is 4.79 Å². The second kappa shape index (κ2) is 14.8. The fourth-order valence-electron chi connectivity index (χ4n) is 5.20. The number of aromatic hydroxyl groups is 1. The normalized spacial score (nSPS) is 21.9. The van der Waals surface area contributed by atoms with Gasteiger partial charge in [0.25, 0.3) is 0 Å². The molecule has 0 aromatic heterocycles. The van der Waals surface area contributed by atoms with E-state index in [1.807, 2.05) is 0 Å². The molecule has 1 aromatic rings. The molecule has 16 heteroatoms. The van der Waals surface area contributed by atoms with Crippen molar-refractivity contribution in [2.45, 2.75) is 68.9 Å². The molecule has 0 aliphatic carbocycles. The number of phenolic OH excluding ortho intramolecular Hbond substituents is 1. The Balaban J connectivity index is 1.65. The summed E-state index contributed by atoms with van der Waals surface area (Å²) in [7, 11) is 0. The van der Waals surface area contributed by atoms with Crippen LogP contribution in [0, 0.1) is 0 Å². The number of carbonyl (C=O) groups excluding carboxylic acids is 5. The summed E-state index contributed by atoms with van der Waals surface area (Å²) in [5, 5.41) is 36.7. The van der Waals surface area contributed by atoms with Crippen molar-refractivity contribution in [1.29, 1.82) is 0 Å². The van der Waals surface area contributed by atoms with E-state index in [2.05, 4.69) is 16.0 Å². The maximum atomic E-state index is 13.6. The molecule has 2 aliphatic rings. The number of hydrogen-bond donors (Lipinski definition) is 8. The van der Waals surface area contributed by atoms with E-state index >= 15 is 0 Å². The highest BCUT2D eigenvalue weighted by Gasteiger charge is 2.45. The average Bonchev–Trinajstić information content (AvgIpc) is 3.61. The number of aliphatic hydroxyl groups is 1. The second-order valence-electron chi connectivity index (χ2n) is 10.7. The van der Waals surface area contributed by atoms with E-state index in [1.165, 1.54) is 36.1 Å². The lowest BCUT2D eigenvalue weighted by atomic mass is 10.0. The third-order valence-corrected chi connectivity index (χ3v) is 7.44. The summed E-state index contributed by atoms with van der Waals surface area (Å²) in [6, 6.07) is 0.538. The van der Waals surface area contributed by atoms with Crippen LogP contribution in [-0.2, 0) is 35.2 Å². The van der Waals surface area contributed by atoms with E-state index in [1.54, 1.807) is 0 Å². The minimum Gasteiger partial charge on any atom is -0.508 e. The van der Waals surface area contributed by atoms with Gasteiger partial charge in [-0.1, -0.05) is 12.1 Å². The highest BCUT2D eigenvalue weighted by molar-refractivity contribution is 5.96. The first-order valence-electron chi connectivity index (χ1n) is 13.9. The van der Waals surface area contributed by atoms with Crippen molar-refractivity contribution in [3.05, 3.63) is 29.8 Å². The molecule has 1 unspecified atom stereocenters. The Morgan fingerprint density at radius 2 is 1.72 bits per heavy atom. The molecule has 0 radical (unpaired) electrons. The molecule has 3 rings (SSSR count). The summed E-state index contributed by atoms with van der Waals surface area (Å²) in [6.45, 7) is 0.594. The van der Waals surface area contributed by atoms with E-state index < -0.39 is 78.4 Å². The Morgan fingerprint density at radius 3 is 2.33 bits per heavy atom. The fraction of sp³-hybridized carbons (Fsp3) is 0.556. The molecule has 2 saturated heterocycles. The monoisotopic (exact) mass is 605 g/mol. The Labute approximate surface area is 247 Å². The summed E-state index contributed by atoms with van der Waals surface area (Å²) < 4.78 is 0. The number of carbonyl (C=O) groups is 6. The quantitative estimate of drug-likeness (QED) is 0.115. The number of benzene rings is 1. The predicted octanol–water partition coefficient (Wildman–Crippen LogP) is -3.64. The molecule has 5 amide bonds. The van der Waals surface area contributed by atoms with Gasteiger partial charge in [0.1, 0.15) is 29.9 Å². The van der Waals surface area contributed by atoms with Crippen molar-refractivity contribution in [1.82, 2.24) is 25.8 Å². The highest BCUT2D eigenvalue weighted by Crippen LogP contribution is 2.25. The van der Waals surface area contributed by atoms with Crippen LogP contribution in [0.25, 0.3) is 0 Å². The minimum atomic E-state index is -1.29. The molecule has 236 valence electrons. The highest BCUT2D eigenvalue weighted by atomic mass is 16.4. The van der Waals surface area contributed by atoms with Gasteiger partial charge < -0.3 is 52.5 Å². The third kappa shape index (κ3) is 8.62. The molecular formula is C27H39N7O9. The van der Waals surface area contributed by atoms with Gasteiger partial charge >= 0.3 is 5.97 Å². The van der Waals surface area contributed by atoms with Gasteiger partial charge in [-0.2, -0.15) is 0 Å². The molecule has 2 aliphatic heterocycles. The lowest BCUT2D eigenvalue weighted by molar-refractivity contribution is -0.147. The van der Waals surface area contributed by atoms with Gasteiger partial charge in [-0.15, -0.1) is 0 Å². The van der Waals surface area contributed by atoms with Gasteiger partial charge in [-0.3, -0.25) is 24.0 Å². The number of carboxylic acid groups (broad SMARTS) is 1. The standard InChI is InChI=1S/C27H39N7O9/c1-14(29)23(32-21(37)11-28)25(40)30-12-22(38)34-13-17(36)10-20(34)26(41)33-8-2-3-19(33)24(39)31-18(27(42)43)9-15-4-6-16(35)7-5-15/h4-7,14,17-20,23,35-36H,2-3,8-13,28-29H2,1H3,(H,30,40)(H,31,39)(H,32,37)(H,42,43)/t14?,17-,18+,19+,20+,23+/m1/s1. The maximum absolute atomic E-state index is 13.6. The SMILES string of the molecule is CC(N)[C@H](NC(=O)CN)C(=O)NCC(=O)N1C[C@H](O)C[C@H]1C(=O)N1CCC[C@H]1C(=O)N[C@@H](Cc1ccc(O)cc1)C(=O)O. The van der Waals surface area contributed by atoms with Crippen molar-refractivity contribution >= 4 is 35.5 Å². The van der Waals surface area contributed by atoms with Gasteiger partial charge in [-0.05, 0) is 37.5 Å². The van der Waals surface area contributed by atoms with Crippen molar-refractivity contribution < 1.29 is 44.1 Å². The smallest absolute Gasteiger partial charge is 0.326 e. The number of nitrogens with one attached hydrogen (secondary N) is 3. The Morgan fingerprint density at radius 1 is 1.05 bits per heavy atom. The lowest BCUT2D eigenvalue weighted by Gasteiger charge is -2.31. The number of nitrogens with zero attached hydrogens (tertiary/aromatic N) is 2. The zero-order chi connectivity index (χ0) is 31.8.